The first-order valence-corrected chi connectivity index (χ1v) is 5.14. The van der Waals surface area contributed by atoms with Crippen molar-refractivity contribution in [1.29, 1.82) is 0 Å². The van der Waals surface area contributed by atoms with E-state index >= 15 is 0 Å². The number of pyridine rings is 1. The molecule has 0 aliphatic rings. The van der Waals surface area contributed by atoms with Crippen LogP contribution >= 0.6 is 0 Å². The van der Waals surface area contributed by atoms with Crippen LogP contribution in [0.4, 0.5) is 32.2 Å². The summed E-state index contributed by atoms with van der Waals surface area (Å²) in [6.07, 6.45) is -9.34. The zero-order chi connectivity index (χ0) is 14.7. The minimum atomic E-state index is -4.69. The molecule has 1 aromatic heterocycles. The van der Waals surface area contributed by atoms with E-state index in [1.165, 1.54) is 0 Å². The lowest BCUT2D eigenvalue weighted by Crippen LogP contribution is -2.20. The molecule has 3 nitrogen and oxygen atoms in total. The topological polar surface area (TPSA) is 34.1 Å². The Hall–Kier alpha value is -1.67. The average Bonchev–Trinajstić information content (AvgIpc) is 2.24. The van der Waals surface area contributed by atoms with Crippen LogP contribution in [0.5, 0.6) is 5.88 Å². The van der Waals surface area contributed by atoms with E-state index in [9.17, 15) is 26.3 Å². The molecule has 1 aromatic rings. The predicted molar refractivity (Wildman–Crippen MR) is 55.0 cm³/mol. The first-order chi connectivity index (χ1) is 8.62. The number of halogens is 6. The lowest BCUT2D eigenvalue weighted by atomic mass is 10.2. The summed E-state index contributed by atoms with van der Waals surface area (Å²) < 4.78 is 77.6. The maximum atomic E-state index is 12.5. The number of nitrogens with zero attached hydrogens (tertiary/aromatic N) is 1. The van der Waals surface area contributed by atoms with Crippen LogP contribution in [-0.4, -0.2) is 24.3 Å². The van der Waals surface area contributed by atoms with Crippen LogP contribution in [0.1, 0.15) is 12.5 Å². The molecule has 0 amide bonds. The number of nitrogens with one attached hydrogen (secondary N) is 1. The molecule has 108 valence electrons. The SMILES string of the molecule is CCNc1cc(C(F)(F)F)cc(OCC(F)(F)F)n1. The fourth-order valence-electron chi connectivity index (χ4n) is 1.17. The highest BCUT2D eigenvalue weighted by Crippen LogP contribution is 2.33. The van der Waals surface area contributed by atoms with Gasteiger partial charge in [-0.15, -0.1) is 0 Å². The lowest BCUT2D eigenvalue weighted by Gasteiger charge is -2.13. The van der Waals surface area contributed by atoms with Gasteiger partial charge >= 0.3 is 12.4 Å². The summed E-state index contributed by atoms with van der Waals surface area (Å²) in [7, 11) is 0. The smallest absolute Gasteiger partial charge is 0.422 e. The molecular formula is C10H10F6N2O. The molecule has 0 fully saturated rings. The highest BCUT2D eigenvalue weighted by molar-refractivity contribution is 5.42. The van der Waals surface area contributed by atoms with Crippen molar-refractivity contribution in [1.82, 2.24) is 4.98 Å². The van der Waals surface area contributed by atoms with Gasteiger partial charge in [-0.3, -0.25) is 0 Å². The van der Waals surface area contributed by atoms with Crippen molar-refractivity contribution >= 4 is 5.82 Å². The summed E-state index contributed by atoms with van der Waals surface area (Å²) in [4.78, 5) is 3.51. The van der Waals surface area contributed by atoms with Crippen LogP contribution in [0.25, 0.3) is 0 Å². The predicted octanol–water partition coefficient (Wildman–Crippen LogP) is 3.47. The molecule has 0 spiro atoms. The fraction of sp³-hybridized carbons (Fsp3) is 0.500. The fourth-order valence-corrected chi connectivity index (χ4v) is 1.17. The quantitative estimate of drug-likeness (QED) is 0.861. The van der Waals surface area contributed by atoms with Crippen LogP contribution < -0.4 is 10.1 Å². The summed E-state index contributed by atoms with van der Waals surface area (Å²) in [6, 6.07) is 1.12. The summed E-state index contributed by atoms with van der Waals surface area (Å²) in [6.45, 7) is 0.179. The van der Waals surface area contributed by atoms with Crippen LogP contribution in [0.2, 0.25) is 0 Å². The Morgan fingerprint density at radius 3 is 2.26 bits per heavy atom. The van der Waals surface area contributed by atoms with Crippen molar-refractivity contribution in [2.75, 3.05) is 18.5 Å². The van der Waals surface area contributed by atoms with Gasteiger partial charge in [-0.25, -0.2) is 0 Å². The van der Waals surface area contributed by atoms with Crippen molar-refractivity contribution in [2.24, 2.45) is 0 Å². The maximum Gasteiger partial charge on any atom is 0.422 e. The van der Waals surface area contributed by atoms with E-state index < -0.39 is 30.4 Å². The Morgan fingerprint density at radius 2 is 1.79 bits per heavy atom. The lowest BCUT2D eigenvalue weighted by molar-refractivity contribution is -0.154. The number of hydrogen-bond donors (Lipinski definition) is 1. The average molecular weight is 288 g/mol. The zero-order valence-corrected chi connectivity index (χ0v) is 9.69. The number of rotatable bonds is 4. The monoisotopic (exact) mass is 288 g/mol. The van der Waals surface area contributed by atoms with Crippen LogP contribution in [-0.2, 0) is 6.18 Å². The molecule has 0 bridgehead atoms. The molecule has 0 aromatic carbocycles. The van der Waals surface area contributed by atoms with E-state index in [1.54, 1.807) is 6.92 Å². The van der Waals surface area contributed by atoms with Gasteiger partial charge in [0.25, 0.3) is 0 Å². The second kappa shape index (κ2) is 5.54. The van der Waals surface area contributed by atoms with Crippen molar-refractivity contribution in [3.05, 3.63) is 17.7 Å². The highest BCUT2D eigenvalue weighted by atomic mass is 19.4. The second-order valence-electron chi connectivity index (χ2n) is 3.51. The maximum absolute atomic E-state index is 12.5. The van der Waals surface area contributed by atoms with Gasteiger partial charge in [0, 0.05) is 12.6 Å². The molecule has 1 heterocycles. The van der Waals surface area contributed by atoms with Gasteiger partial charge in [-0.2, -0.15) is 31.3 Å². The van der Waals surface area contributed by atoms with E-state index in [0.29, 0.717) is 12.1 Å². The molecule has 1 N–H and O–H groups in total. The standard InChI is InChI=1S/C10H10F6N2O/c1-2-17-7-3-6(10(14,15)16)4-8(18-7)19-5-9(11,12)13/h3-4H,2,5H2,1H3,(H,17,18). The van der Waals surface area contributed by atoms with Gasteiger partial charge in [0.1, 0.15) is 5.82 Å². The third-order valence-corrected chi connectivity index (χ3v) is 1.87. The van der Waals surface area contributed by atoms with Crippen molar-refractivity contribution in [3.8, 4) is 5.88 Å². The first kappa shape index (κ1) is 15.4. The number of aromatic nitrogens is 1. The summed E-state index contributed by atoms with van der Waals surface area (Å²) in [5.41, 5.74) is -1.13. The van der Waals surface area contributed by atoms with E-state index in [-0.39, 0.29) is 12.4 Å². The van der Waals surface area contributed by atoms with Gasteiger partial charge < -0.3 is 10.1 Å². The zero-order valence-electron chi connectivity index (χ0n) is 9.69. The Labute approximate surface area is 104 Å². The minimum Gasteiger partial charge on any atom is -0.468 e. The normalized spacial score (nSPS) is 12.4. The third-order valence-electron chi connectivity index (χ3n) is 1.87. The van der Waals surface area contributed by atoms with Gasteiger partial charge in [0.2, 0.25) is 5.88 Å². The van der Waals surface area contributed by atoms with Gasteiger partial charge in [-0.1, -0.05) is 0 Å². The molecule has 0 unspecified atom stereocenters. The Balaban J connectivity index is 3.00. The molecule has 0 aliphatic heterocycles. The molecule has 0 saturated heterocycles. The number of alkyl halides is 6. The Kier molecular flexibility index (Phi) is 4.48. The number of hydrogen-bond acceptors (Lipinski definition) is 3. The van der Waals surface area contributed by atoms with Gasteiger partial charge in [-0.05, 0) is 13.0 Å². The largest absolute Gasteiger partial charge is 0.468 e. The van der Waals surface area contributed by atoms with Crippen molar-refractivity contribution < 1.29 is 31.1 Å². The van der Waals surface area contributed by atoms with Crippen LogP contribution in [0.3, 0.4) is 0 Å². The van der Waals surface area contributed by atoms with Gasteiger partial charge in [0.05, 0.1) is 5.56 Å². The highest BCUT2D eigenvalue weighted by Gasteiger charge is 2.33. The molecule has 0 atom stereocenters. The van der Waals surface area contributed by atoms with E-state index in [4.69, 9.17) is 0 Å². The van der Waals surface area contributed by atoms with Crippen molar-refractivity contribution in [3.63, 3.8) is 0 Å². The molecule has 0 aliphatic carbocycles. The molecule has 9 heteroatoms. The Bertz CT molecular complexity index is 429. The number of ether oxygens (including phenoxy) is 1. The molecule has 0 saturated carbocycles. The second-order valence-corrected chi connectivity index (χ2v) is 3.51. The molecule has 0 radical (unpaired) electrons. The Morgan fingerprint density at radius 1 is 1.16 bits per heavy atom. The van der Waals surface area contributed by atoms with Crippen molar-refractivity contribution in [2.45, 2.75) is 19.3 Å². The van der Waals surface area contributed by atoms with Gasteiger partial charge in [0.15, 0.2) is 6.61 Å². The first-order valence-electron chi connectivity index (χ1n) is 5.14. The molecule has 1 rings (SSSR count). The number of anilines is 1. The van der Waals surface area contributed by atoms with Crippen LogP contribution in [0, 0.1) is 0 Å². The molecular weight excluding hydrogens is 278 g/mol. The minimum absolute atomic E-state index is 0.200. The summed E-state index contributed by atoms with van der Waals surface area (Å²) >= 11 is 0. The van der Waals surface area contributed by atoms with E-state index in [1.807, 2.05) is 0 Å². The molecule has 19 heavy (non-hydrogen) atoms. The summed E-state index contributed by atoms with van der Waals surface area (Å²) in [5.74, 6) is -0.933. The van der Waals surface area contributed by atoms with E-state index in [2.05, 4.69) is 15.0 Å². The third kappa shape index (κ3) is 5.23. The van der Waals surface area contributed by atoms with Crippen LogP contribution in [0.15, 0.2) is 12.1 Å². The van der Waals surface area contributed by atoms with E-state index in [0.717, 1.165) is 0 Å². The summed E-state index contributed by atoms with van der Waals surface area (Å²) in [5, 5.41) is 2.49.